The number of hydrogen-bond donors (Lipinski definition) is 2. The molecule has 1 aromatic heterocycles. The van der Waals surface area contributed by atoms with Crippen molar-refractivity contribution in [1.82, 2.24) is 9.88 Å². The minimum absolute atomic E-state index is 0.273. The predicted molar refractivity (Wildman–Crippen MR) is 67.2 cm³/mol. The van der Waals surface area contributed by atoms with E-state index in [1.165, 1.54) is 0 Å². The Morgan fingerprint density at radius 2 is 2.22 bits per heavy atom. The van der Waals surface area contributed by atoms with Gasteiger partial charge in [0.2, 0.25) is 6.41 Å². The number of nitrogens with zero attached hydrogens (tertiary/aromatic N) is 1. The number of aryl methyl sites for hydroxylation is 1. The number of aliphatic carboxylic acids is 1. The summed E-state index contributed by atoms with van der Waals surface area (Å²) in [5.74, 6) is -1.03. The number of rotatable bonds is 5. The summed E-state index contributed by atoms with van der Waals surface area (Å²) >= 11 is 0. The van der Waals surface area contributed by atoms with Gasteiger partial charge >= 0.3 is 5.97 Å². The second-order valence-corrected chi connectivity index (χ2v) is 4.16. The molecule has 1 aromatic carbocycles. The number of hydrogen-bond acceptors (Lipinski definition) is 2. The number of amides is 1. The van der Waals surface area contributed by atoms with E-state index < -0.39 is 12.0 Å². The monoisotopic (exact) mass is 246 g/mol. The number of benzene rings is 1. The Labute approximate surface area is 104 Å². The van der Waals surface area contributed by atoms with Crippen molar-refractivity contribution in [2.24, 2.45) is 7.05 Å². The van der Waals surface area contributed by atoms with Gasteiger partial charge in [0, 0.05) is 30.6 Å². The highest BCUT2D eigenvalue weighted by molar-refractivity contribution is 5.85. The number of para-hydroxylation sites is 1. The third-order valence-electron chi connectivity index (χ3n) is 2.97. The third-order valence-corrected chi connectivity index (χ3v) is 2.97. The van der Waals surface area contributed by atoms with Gasteiger partial charge in [0.1, 0.15) is 6.04 Å². The zero-order valence-corrected chi connectivity index (χ0v) is 9.96. The van der Waals surface area contributed by atoms with Gasteiger partial charge in [-0.2, -0.15) is 0 Å². The van der Waals surface area contributed by atoms with E-state index in [-0.39, 0.29) is 6.42 Å². The first-order valence-electron chi connectivity index (χ1n) is 5.59. The minimum atomic E-state index is -1.03. The number of carboxylic acids is 1. The van der Waals surface area contributed by atoms with Gasteiger partial charge < -0.3 is 15.0 Å². The molecule has 5 nitrogen and oxygen atoms in total. The van der Waals surface area contributed by atoms with Crippen LogP contribution in [0.25, 0.3) is 10.9 Å². The van der Waals surface area contributed by atoms with Gasteiger partial charge in [0.15, 0.2) is 0 Å². The molecule has 0 spiro atoms. The van der Waals surface area contributed by atoms with Crippen molar-refractivity contribution < 1.29 is 14.7 Å². The fourth-order valence-electron chi connectivity index (χ4n) is 2.11. The van der Waals surface area contributed by atoms with Gasteiger partial charge in [-0.25, -0.2) is 4.79 Å². The number of fused-ring (bicyclic) bond motifs is 1. The van der Waals surface area contributed by atoms with Gasteiger partial charge in [-0.3, -0.25) is 4.79 Å². The molecule has 0 aliphatic rings. The van der Waals surface area contributed by atoms with Crippen LogP contribution in [0.2, 0.25) is 0 Å². The first kappa shape index (κ1) is 12.2. The molecule has 0 radical (unpaired) electrons. The summed E-state index contributed by atoms with van der Waals surface area (Å²) in [6.07, 6.45) is 2.59. The number of carbonyl (C=O) groups is 2. The van der Waals surface area contributed by atoms with E-state index in [0.717, 1.165) is 16.5 Å². The lowest BCUT2D eigenvalue weighted by molar-refractivity contribution is -0.140. The first-order valence-corrected chi connectivity index (χ1v) is 5.59. The lowest BCUT2D eigenvalue weighted by atomic mass is 10.1. The number of carbonyl (C=O) groups excluding carboxylic acids is 1. The number of carboxylic acid groups (broad SMARTS) is 1. The smallest absolute Gasteiger partial charge is 0.326 e. The summed E-state index contributed by atoms with van der Waals surface area (Å²) in [7, 11) is 1.91. The second kappa shape index (κ2) is 4.91. The fraction of sp³-hybridized carbons (Fsp3) is 0.231. The van der Waals surface area contributed by atoms with E-state index in [4.69, 9.17) is 5.11 Å². The second-order valence-electron chi connectivity index (χ2n) is 4.16. The number of nitrogens with one attached hydrogen (secondary N) is 1. The molecular weight excluding hydrogens is 232 g/mol. The summed E-state index contributed by atoms with van der Waals surface area (Å²) < 4.78 is 1.95. The maximum absolute atomic E-state index is 11.0. The molecule has 0 aliphatic heterocycles. The van der Waals surface area contributed by atoms with E-state index in [0.29, 0.717) is 6.41 Å². The van der Waals surface area contributed by atoms with Crippen LogP contribution in [0.3, 0.4) is 0 Å². The average Bonchev–Trinajstić information content (AvgIpc) is 2.66. The molecule has 1 heterocycles. The van der Waals surface area contributed by atoms with Gasteiger partial charge in [-0.15, -0.1) is 0 Å². The summed E-state index contributed by atoms with van der Waals surface area (Å²) in [5, 5.41) is 12.3. The minimum Gasteiger partial charge on any atom is -0.480 e. The normalized spacial score (nSPS) is 12.3. The molecule has 0 saturated carbocycles. The Kier molecular flexibility index (Phi) is 3.32. The van der Waals surface area contributed by atoms with Crippen molar-refractivity contribution in [2.45, 2.75) is 12.5 Å². The van der Waals surface area contributed by atoms with Crippen molar-refractivity contribution in [1.29, 1.82) is 0 Å². The average molecular weight is 246 g/mol. The highest BCUT2D eigenvalue weighted by Crippen LogP contribution is 2.21. The zero-order chi connectivity index (χ0) is 13.1. The lowest BCUT2D eigenvalue weighted by Gasteiger charge is -2.09. The molecule has 2 aromatic rings. The molecule has 0 fully saturated rings. The Bertz CT molecular complexity index is 589. The molecular formula is C13H14N2O3. The summed E-state index contributed by atoms with van der Waals surface area (Å²) in [5.41, 5.74) is 1.96. The van der Waals surface area contributed by atoms with Crippen molar-refractivity contribution in [3.8, 4) is 0 Å². The van der Waals surface area contributed by atoms with Crippen molar-refractivity contribution >= 4 is 23.3 Å². The molecule has 0 bridgehead atoms. The van der Waals surface area contributed by atoms with Crippen molar-refractivity contribution in [3.63, 3.8) is 0 Å². The Morgan fingerprint density at radius 3 is 2.89 bits per heavy atom. The maximum atomic E-state index is 11.0. The summed E-state index contributed by atoms with van der Waals surface area (Å²) in [6.45, 7) is 0. The van der Waals surface area contributed by atoms with E-state index in [1.807, 2.05) is 42.1 Å². The summed E-state index contributed by atoms with van der Waals surface area (Å²) in [6, 6.07) is 6.87. The molecule has 0 saturated heterocycles. The quantitative estimate of drug-likeness (QED) is 0.771. The number of aromatic nitrogens is 1. The standard InChI is InChI=1S/C13H14N2O3/c1-15-7-9(6-11(13(17)18)14-8-16)10-4-2-3-5-12(10)15/h2-5,7-8,11H,6H2,1H3,(H,14,16)(H,17,18)/t11-/m0/s1. The SMILES string of the molecule is Cn1cc(C[C@H](NC=O)C(=O)O)c2ccccc21. The van der Waals surface area contributed by atoms with Gasteiger partial charge in [-0.05, 0) is 11.6 Å². The van der Waals surface area contributed by atoms with Crippen LogP contribution in [0, 0.1) is 0 Å². The lowest BCUT2D eigenvalue weighted by Crippen LogP contribution is -2.37. The van der Waals surface area contributed by atoms with Crippen LogP contribution < -0.4 is 5.32 Å². The molecule has 0 aliphatic carbocycles. The van der Waals surface area contributed by atoms with E-state index >= 15 is 0 Å². The van der Waals surface area contributed by atoms with Gasteiger partial charge in [0.05, 0.1) is 0 Å². The van der Waals surface area contributed by atoms with Crippen molar-refractivity contribution in [3.05, 3.63) is 36.0 Å². The van der Waals surface area contributed by atoms with E-state index in [2.05, 4.69) is 5.32 Å². The van der Waals surface area contributed by atoms with Crippen LogP contribution in [0.15, 0.2) is 30.5 Å². The van der Waals surface area contributed by atoms with Gasteiger partial charge in [0.25, 0.3) is 0 Å². The molecule has 1 atom stereocenters. The van der Waals surface area contributed by atoms with Crippen LogP contribution in [0.5, 0.6) is 0 Å². The summed E-state index contributed by atoms with van der Waals surface area (Å²) in [4.78, 5) is 21.4. The molecule has 2 rings (SSSR count). The molecule has 94 valence electrons. The van der Waals surface area contributed by atoms with Crippen LogP contribution in [-0.4, -0.2) is 28.1 Å². The molecule has 5 heteroatoms. The molecule has 2 N–H and O–H groups in total. The first-order chi connectivity index (χ1) is 8.63. The van der Waals surface area contributed by atoms with E-state index in [1.54, 1.807) is 0 Å². The Morgan fingerprint density at radius 1 is 1.50 bits per heavy atom. The fourth-order valence-corrected chi connectivity index (χ4v) is 2.11. The molecule has 1 amide bonds. The molecule has 0 unspecified atom stereocenters. The topological polar surface area (TPSA) is 71.3 Å². The largest absolute Gasteiger partial charge is 0.480 e. The highest BCUT2D eigenvalue weighted by atomic mass is 16.4. The highest BCUT2D eigenvalue weighted by Gasteiger charge is 2.19. The molecule has 18 heavy (non-hydrogen) atoms. The van der Waals surface area contributed by atoms with Crippen LogP contribution >= 0.6 is 0 Å². The van der Waals surface area contributed by atoms with Crippen molar-refractivity contribution in [2.75, 3.05) is 0 Å². The van der Waals surface area contributed by atoms with E-state index in [9.17, 15) is 9.59 Å². The maximum Gasteiger partial charge on any atom is 0.326 e. The zero-order valence-electron chi connectivity index (χ0n) is 9.96. The van der Waals surface area contributed by atoms with Gasteiger partial charge in [-0.1, -0.05) is 18.2 Å². The predicted octanol–water partition coefficient (Wildman–Crippen LogP) is 0.920. The van der Waals surface area contributed by atoms with Crippen LogP contribution in [0.1, 0.15) is 5.56 Å². The Hall–Kier alpha value is -2.30. The van der Waals surface area contributed by atoms with Crippen LogP contribution in [-0.2, 0) is 23.1 Å². The Balaban J connectivity index is 2.36. The van der Waals surface area contributed by atoms with Crippen LogP contribution in [0.4, 0.5) is 0 Å². The third kappa shape index (κ3) is 2.20.